The minimum Gasteiger partial charge on any atom is -0.438 e. The molecule has 1 saturated heterocycles. The average Bonchev–Trinajstić information content (AvgIpc) is 2.98. The predicted molar refractivity (Wildman–Crippen MR) is 160 cm³/mol. The second-order valence-corrected chi connectivity index (χ2v) is 12.1. The molecule has 1 fully saturated rings. The highest BCUT2D eigenvalue weighted by Gasteiger charge is 2.45. The Morgan fingerprint density at radius 3 is 2.50 bits per heavy atom. The van der Waals surface area contributed by atoms with Crippen LogP contribution >= 0.6 is 23.2 Å². The number of likely N-dealkylation sites (tertiary alicyclic amines) is 1. The molecule has 2 aliphatic rings. The fourth-order valence-corrected chi connectivity index (χ4v) is 6.31. The van der Waals surface area contributed by atoms with Gasteiger partial charge >= 0.3 is 12.3 Å². The molecule has 1 spiro atoms. The van der Waals surface area contributed by atoms with Gasteiger partial charge in [0.1, 0.15) is 11.4 Å². The van der Waals surface area contributed by atoms with E-state index >= 15 is 0 Å². The zero-order valence-corrected chi connectivity index (χ0v) is 25.3. The molecular formula is C32H31Cl2F4N3O3. The molecule has 2 aliphatic heterocycles. The van der Waals surface area contributed by atoms with E-state index in [1.807, 2.05) is 6.92 Å². The number of hydrogen-bond acceptors (Lipinski definition) is 4. The van der Waals surface area contributed by atoms with Gasteiger partial charge in [-0.1, -0.05) is 41.4 Å². The zero-order chi connectivity index (χ0) is 31.6. The second kappa shape index (κ2) is 12.9. The van der Waals surface area contributed by atoms with E-state index in [0.29, 0.717) is 71.2 Å². The number of alkyl halides is 3. The van der Waals surface area contributed by atoms with Gasteiger partial charge in [-0.3, -0.25) is 10.1 Å². The van der Waals surface area contributed by atoms with Crippen LogP contribution in [0.25, 0.3) is 0 Å². The number of carbonyl (C=O) groups excluding carboxylic acids is 2. The second-order valence-electron chi connectivity index (χ2n) is 11.3. The monoisotopic (exact) mass is 651 g/mol. The van der Waals surface area contributed by atoms with Crippen molar-refractivity contribution in [3.63, 3.8) is 0 Å². The number of nitrogens with zero attached hydrogens (tertiary/aromatic N) is 1. The van der Waals surface area contributed by atoms with Crippen LogP contribution in [0.3, 0.4) is 0 Å². The quantitative estimate of drug-likeness (QED) is 0.241. The lowest BCUT2D eigenvalue weighted by atomic mass is 9.81. The highest BCUT2D eigenvalue weighted by molar-refractivity contribution is 6.42. The van der Waals surface area contributed by atoms with Gasteiger partial charge in [-0.15, -0.1) is 0 Å². The fraction of sp³-hybridized carbons (Fsp3) is 0.375. The van der Waals surface area contributed by atoms with E-state index in [-0.39, 0.29) is 18.5 Å². The average molecular weight is 653 g/mol. The molecule has 5 rings (SSSR count). The molecule has 3 aromatic carbocycles. The first-order valence-corrected chi connectivity index (χ1v) is 15.0. The summed E-state index contributed by atoms with van der Waals surface area (Å²) in [6.45, 7) is 3.15. The lowest BCUT2D eigenvalue weighted by Crippen LogP contribution is -2.50. The number of rotatable bonds is 8. The van der Waals surface area contributed by atoms with Crippen LogP contribution in [-0.4, -0.2) is 36.0 Å². The number of nitrogens with one attached hydrogen (secondary N) is 2. The molecule has 12 heteroatoms. The molecule has 0 saturated carbocycles. The van der Waals surface area contributed by atoms with Crippen LogP contribution in [-0.2, 0) is 27.9 Å². The molecule has 0 radical (unpaired) electrons. The van der Waals surface area contributed by atoms with Crippen molar-refractivity contribution in [1.82, 2.24) is 10.2 Å². The largest absolute Gasteiger partial charge is 0.438 e. The number of ether oxygens (including phenoxy) is 1. The summed E-state index contributed by atoms with van der Waals surface area (Å²) < 4.78 is 59.3. The molecule has 2 heterocycles. The molecule has 0 aliphatic carbocycles. The molecule has 2 amide bonds. The van der Waals surface area contributed by atoms with Gasteiger partial charge in [0.15, 0.2) is 0 Å². The van der Waals surface area contributed by atoms with Gasteiger partial charge in [0.25, 0.3) is 0 Å². The number of amides is 2. The number of benzene rings is 3. The van der Waals surface area contributed by atoms with Crippen molar-refractivity contribution in [2.45, 2.75) is 62.9 Å². The van der Waals surface area contributed by atoms with E-state index in [1.54, 1.807) is 24.3 Å². The van der Waals surface area contributed by atoms with Crippen molar-refractivity contribution in [2.75, 3.05) is 18.4 Å². The van der Waals surface area contributed by atoms with E-state index in [0.717, 1.165) is 12.1 Å². The number of piperidine rings is 1. The van der Waals surface area contributed by atoms with Crippen molar-refractivity contribution in [2.24, 2.45) is 0 Å². The first-order valence-electron chi connectivity index (χ1n) is 14.3. The van der Waals surface area contributed by atoms with E-state index in [9.17, 15) is 27.2 Å². The molecule has 234 valence electrons. The lowest BCUT2D eigenvalue weighted by molar-refractivity contribution is -0.137. The topological polar surface area (TPSA) is 70.7 Å². The Hall–Kier alpha value is -3.34. The third kappa shape index (κ3) is 7.14. The Labute approximate surface area is 262 Å². The van der Waals surface area contributed by atoms with Crippen LogP contribution in [0.15, 0.2) is 60.7 Å². The maximum absolute atomic E-state index is 14.1. The third-order valence-corrected chi connectivity index (χ3v) is 9.22. The number of carbonyl (C=O) groups is 2. The molecule has 3 aromatic rings. The summed E-state index contributed by atoms with van der Waals surface area (Å²) in [4.78, 5) is 28.0. The minimum atomic E-state index is -4.48. The summed E-state index contributed by atoms with van der Waals surface area (Å²) in [6, 6.07) is 14.1. The molecule has 2 atom stereocenters. The smallest absolute Gasteiger partial charge is 0.416 e. The Kier molecular flexibility index (Phi) is 9.44. The van der Waals surface area contributed by atoms with E-state index in [2.05, 4.69) is 15.5 Å². The number of halogens is 6. The van der Waals surface area contributed by atoms with Crippen LogP contribution in [0, 0.1) is 5.82 Å². The summed E-state index contributed by atoms with van der Waals surface area (Å²) in [6.07, 6.45) is -3.04. The van der Waals surface area contributed by atoms with Crippen LogP contribution in [0.4, 0.5) is 28.0 Å². The maximum atomic E-state index is 14.1. The maximum Gasteiger partial charge on any atom is 0.416 e. The predicted octanol–water partition coefficient (Wildman–Crippen LogP) is 8.27. The Bertz CT molecular complexity index is 1540. The van der Waals surface area contributed by atoms with Gasteiger partial charge in [0.05, 0.1) is 27.2 Å². The molecular weight excluding hydrogens is 621 g/mol. The van der Waals surface area contributed by atoms with Crippen LogP contribution < -0.4 is 10.6 Å². The molecule has 2 unspecified atom stereocenters. The van der Waals surface area contributed by atoms with Crippen LogP contribution in [0.2, 0.25) is 10.0 Å². The van der Waals surface area contributed by atoms with E-state index < -0.39 is 35.2 Å². The first-order chi connectivity index (χ1) is 20.8. The summed E-state index contributed by atoms with van der Waals surface area (Å²) in [7, 11) is 0. The summed E-state index contributed by atoms with van der Waals surface area (Å²) in [5.74, 6) is -1.38. The van der Waals surface area contributed by atoms with Crippen molar-refractivity contribution < 1.29 is 31.9 Å². The van der Waals surface area contributed by atoms with Crippen molar-refractivity contribution in [1.29, 1.82) is 0 Å². The first kappa shape index (κ1) is 32.1. The van der Waals surface area contributed by atoms with Gasteiger partial charge in [-0.05, 0) is 73.4 Å². The fourth-order valence-electron chi connectivity index (χ4n) is 6.01. The standard InChI is InChI=1S/C32H31Cl2F4N3O3/c1-19(41-13-11-31(12-14-41)25-17-23(35)7-10-28(25)40-30(43)44-31)5-8-24(21-6-9-26(33)27(34)16-21)29(42)39-18-20-3-2-4-22(15-20)32(36,37)38/h2-4,6-7,9-10,15-17,19,24H,5,8,11-14,18H2,1H3,(H,39,42)(H,40,43). The van der Waals surface area contributed by atoms with Crippen LogP contribution in [0.5, 0.6) is 0 Å². The van der Waals surface area contributed by atoms with E-state index in [4.69, 9.17) is 27.9 Å². The van der Waals surface area contributed by atoms with Gasteiger partial charge in [-0.2, -0.15) is 13.2 Å². The molecule has 44 heavy (non-hydrogen) atoms. The normalized spacial score (nSPS) is 17.8. The summed E-state index contributed by atoms with van der Waals surface area (Å²) in [5.41, 5.74) is 0.450. The zero-order valence-electron chi connectivity index (χ0n) is 23.8. The molecule has 2 N–H and O–H groups in total. The van der Waals surface area contributed by atoms with Crippen LogP contribution in [0.1, 0.15) is 60.8 Å². The minimum absolute atomic E-state index is 0.0401. The summed E-state index contributed by atoms with van der Waals surface area (Å²) >= 11 is 12.4. The molecule has 6 nitrogen and oxygen atoms in total. The Morgan fingerprint density at radius 1 is 1.05 bits per heavy atom. The van der Waals surface area contributed by atoms with Gasteiger partial charge in [0.2, 0.25) is 5.91 Å². The number of hydrogen-bond donors (Lipinski definition) is 2. The highest BCUT2D eigenvalue weighted by Crippen LogP contribution is 2.44. The Balaban J connectivity index is 1.25. The number of fused-ring (bicyclic) bond motifs is 2. The molecule has 0 bridgehead atoms. The SMILES string of the molecule is CC(CCC(C(=O)NCc1cccc(C(F)(F)F)c1)c1ccc(Cl)c(Cl)c1)N1CCC2(CC1)OC(=O)Nc1ccc(F)cc12. The van der Waals surface area contributed by atoms with Crippen molar-refractivity contribution >= 4 is 40.9 Å². The Morgan fingerprint density at radius 2 is 1.80 bits per heavy atom. The summed E-state index contributed by atoms with van der Waals surface area (Å²) in [5, 5.41) is 6.07. The van der Waals surface area contributed by atoms with Crippen molar-refractivity contribution in [3.05, 3.63) is 98.8 Å². The van der Waals surface area contributed by atoms with Gasteiger partial charge in [-0.25, -0.2) is 9.18 Å². The lowest BCUT2D eigenvalue weighted by Gasteiger charge is -2.45. The number of anilines is 1. The molecule has 0 aromatic heterocycles. The van der Waals surface area contributed by atoms with Gasteiger partial charge in [0, 0.05) is 44.1 Å². The highest BCUT2D eigenvalue weighted by atomic mass is 35.5. The third-order valence-electron chi connectivity index (χ3n) is 8.48. The van der Waals surface area contributed by atoms with E-state index in [1.165, 1.54) is 24.3 Å². The van der Waals surface area contributed by atoms with Crippen molar-refractivity contribution in [3.8, 4) is 0 Å². The van der Waals surface area contributed by atoms with Gasteiger partial charge < -0.3 is 15.0 Å².